The predicted octanol–water partition coefficient (Wildman–Crippen LogP) is 4.05. The number of hydrogen-bond acceptors (Lipinski definition) is 6. The van der Waals surface area contributed by atoms with Gasteiger partial charge in [-0.15, -0.1) is 0 Å². The van der Waals surface area contributed by atoms with Crippen LogP contribution in [-0.4, -0.2) is 54.5 Å². The lowest BCUT2D eigenvalue weighted by Gasteiger charge is -2.39. The van der Waals surface area contributed by atoms with E-state index in [2.05, 4.69) is 0 Å². The maximum absolute atomic E-state index is 12.1. The molecule has 7 heteroatoms. The lowest BCUT2D eigenvalue weighted by molar-refractivity contribution is -0.148. The van der Waals surface area contributed by atoms with Gasteiger partial charge in [0, 0.05) is 6.08 Å². The zero-order valence-electron chi connectivity index (χ0n) is 18.3. The van der Waals surface area contributed by atoms with Gasteiger partial charge in [0.05, 0.1) is 25.8 Å². The minimum Gasteiger partial charge on any atom is -0.496 e. The largest absolute Gasteiger partial charge is 0.496 e. The van der Waals surface area contributed by atoms with Gasteiger partial charge < -0.3 is 23.8 Å². The van der Waals surface area contributed by atoms with Gasteiger partial charge in [-0.2, -0.15) is 0 Å². The van der Waals surface area contributed by atoms with E-state index in [4.69, 9.17) is 18.9 Å². The van der Waals surface area contributed by atoms with Gasteiger partial charge in [-0.05, 0) is 59.8 Å². The SMILES string of the molecule is COc1cccc(OC2CN(C(=O)OC(C)(C)C)C2)c1/C=C/C(=O)OC(C)(C)C. The molecule has 1 aromatic rings. The number of carbonyl (C=O) groups is 2. The number of ether oxygens (including phenoxy) is 4. The van der Waals surface area contributed by atoms with E-state index in [1.165, 1.54) is 6.08 Å². The zero-order chi connectivity index (χ0) is 21.8. The highest BCUT2D eigenvalue weighted by atomic mass is 16.6. The Labute approximate surface area is 172 Å². The van der Waals surface area contributed by atoms with Gasteiger partial charge in [0.15, 0.2) is 0 Å². The summed E-state index contributed by atoms with van der Waals surface area (Å²) in [5.74, 6) is 0.692. The van der Waals surface area contributed by atoms with Gasteiger partial charge >= 0.3 is 12.1 Å². The predicted molar refractivity (Wildman–Crippen MR) is 110 cm³/mol. The van der Waals surface area contributed by atoms with Gasteiger partial charge in [0.25, 0.3) is 0 Å². The maximum Gasteiger partial charge on any atom is 0.410 e. The van der Waals surface area contributed by atoms with E-state index >= 15 is 0 Å². The van der Waals surface area contributed by atoms with Crippen molar-refractivity contribution in [2.24, 2.45) is 0 Å². The summed E-state index contributed by atoms with van der Waals surface area (Å²) in [6.45, 7) is 11.8. The third kappa shape index (κ3) is 7.00. The van der Waals surface area contributed by atoms with Gasteiger partial charge in [-0.1, -0.05) is 6.07 Å². The van der Waals surface area contributed by atoms with Gasteiger partial charge in [0.2, 0.25) is 0 Å². The Hall–Kier alpha value is -2.70. The fraction of sp³-hybridized carbons (Fsp3) is 0.545. The third-order valence-corrected chi connectivity index (χ3v) is 3.83. The van der Waals surface area contributed by atoms with Crippen molar-refractivity contribution in [1.82, 2.24) is 4.90 Å². The first-order valence-corrected chi connectivity index (χ1v) is 9.60. The highest BCUT2D eigenvalue weighted by molar-refractivity contribution is 5.88. The Morgan fingerprint density at radius 1 is 1.00 bits per heavy atom. The van der Waals surface area contributed by atoms with Gasteiger partial charge in [-0.3, -0.25) is 0 Å². The molecule has 0 spiro atoms. The molecule has 1 aliphatic rings. The fourth-order valence-electron chi connectivity index (χ4n) is 2.62. The van der Waals surface area contributed by atoms with Crippen LogP contribution >= 0.6 is 0 Å². The number of carbonyl (C=O) groups excluding carboxylic acids is 2. The number of amides is 1. The summed E-state index contributed by atoms with van der Waals surface area (Å²) in [5, 5.41) is 0. The Balaban J connectivity index is 2.05. The Kier molecular flexibility index (Phi) is 6.82. The van der Waals surface area contributed by atoms with Gasteiger partial charge in [0.1, 0.15) is 28.8 Å². The lowest BCUT2D eigenvalue weighted by Crippen LogP contribution is -2.57. The molecule has 0 atom stereocenters. The van der Waals surface area contributed by atoms with Crippen LogP contribution in [0.1, 0.15) is 47.1 Å². The number of methoxy groups -OCH3 is 1. The van der Waals surface area contributed by atoms with Crippen molar-refractivity contribution in [2.45, 2.75) is 58.8 Å². The summed E-state index contributed by atoms with van der Waals surface area (Å²) in [7, 11) is 1.55. The van der Waals surface area contributed by atoms with Crippen molar-refractivity contribution in [3.8, 4) is 11.5 Å². The van der Waals surface area contributed by atoms with Crippen molar-refractivity contribution >= 4 is 18.1 Å². The summed E-state index contributed by atoms with van der Waals surface area (Å²) < 4.78 is 22.1. The number of rotatable bonds is 5. The van der Waals surface area contributed by atoms with E-state index in [0.29, 0.717) is 30.2 Å². The summed E-state index contributed by atoms with van der Waals surface area (Å²) in [4.78, 5) is 25.7. The number of likely N-dealkylation sites (tertiary alicyclic amines) is 1. The van der Waals surface area contributed by atoms with Gasteiger partial charge in [-0.25, -0.2) is 9.59 Å². The van der Waals surface area contributed by atoms with E-state index in [9.17, 15) is 9.59 Å². The highest BCUT2D eigenvalue weighted by Gasteiger charge is 2.35. The quantitative estimate of drug-likeness (QED) is 0.544. The van der Waals surface area contributed by atoms with E-state index < -0.39 is 17.2 Å². The molecule has 0 unspecified atom stereocenters. The molecule has 0 radical (unpaired) electrons. The monoisotopic (exact) mass is 405 g/mol. The number of benzene rings is 1. The van der Waals surface area contributed by atoms with Crippen LogP contribution in [0.2, 0.25) is 0 Å². The third-order valence-electron chi connectivity index (χ3n) is 3.83. The molecular weight excluding hydrogens is 374 g/mol. The molecule has 2 rings (SSSR count). The normalized spacial score (nSPS) is 15.1. The van der Waals surface area contributed by atoms with Crippen molar-refractivity contribution in [3.63, 3.8) is 0 Å². The highest BCUT2D eigenvalue weighted by Crippen LogP contribution is 2.32. The van der Waals surface area contributed by atoms with E-state index in [-0.39, 0.29) is 12.2 Å². The molecule has 7 nitrogen and oxygen atoms in total. The van der Waals surface area contributed by atoms with Crippen molar-refractivity contribution < 1.29 is 28.5 Å². The van der Waals surface area contributed by atoms with Crippen LogP contribution < -0.4 is 9.47 Å². The molecule has 29 heavy (non-hydrogen) atoms. The summed E-state index contributed by atoms with van der Waals surface area (Å²) in [5.41, 5.74) is -0.467. The fourth-order valence-corrected chi connectivity index (χ4v) is 2.62. The molecule has 160 valence electrons. The number of esters is 1. The molecule has 0 bridgehead atoms. The minimum absolute atomic E-state index is 0.164. The zero-order valence-corrected chi connectivity index (χ0v) is 18.3. The molecule has 1 heterocycles. The van der Waals surface area contributed by atoms with Crippen LogP contribution in [0, 0.1) is 0 Å². The average Bonchev–Trinajstić information content (AvgIpc) is 2.52. The second-order valence-electron chi connectivity index (χ2n) is 8.86. The molecule has 0 saturated carbocycles. The molecule has 0 N–H and O–H groups in total. The Morgan fingerprint density at radius 3 is 2.14 bits per heavy atom. The van der Waals surface area contributed by atoms with Crippen molar-refractivity contribution in [2.75, 3.05) is 20.2 Å². The second-order valence-corrected chi connectivity index (χ2v) is 8.86. The van der Waals surface area contributed by atoms with Crippen LogP contribution in [0.4, 0.5) is 4.79 Å². The smallest absolute Gasteiger partial charge is 0.410 e. The van der Waals surface area contributed by atoms with Crippen molar-refractivity contribution in [1.29, 1.82) is 0 Å². The summed E-state index contributed by atoms with van der Waals surface area (Å²) in [6, 6.07) is 5.39. The first-order chi connectivity index (χ1) is 13.4. The molecule has 1 saturated heterocycles. The van der Waals surface area contributed by atoms with Crippen LogP contribution in [0.25, 0.3) is 6.08 Å². The summed E-state index contributed by atoms with van der Waals surface area (Å²) >= 11 is 0. The van der Waals surface area contributed by atoms with Crippen LogP contribution in [-0.2, 0) is 14.3 Å². The number of nitrogens with zero attached hydrogens (tertiary/aromatic N) is 1. The topological polar surface area (TPSA) is 74.3 Å². The van der Waals surface area contributed by atoms with Crippen LogP contribution in [0.5, 0.6) is 11.5 Å². The van der Waals surface area contributed by atoms with E-state index in [1.54, 1.807) is 30.2 Å². The summed E-state index contributed by atoms with van der Waals surface area (Å²) in [6.07, 6.45) is 2.45. The molecule has 1 aliphatic heterocycles. The molecule has 0 aliphatic carbocycles. The first kappa shape index (κ1) is 22.6. The van der Waals surface area contributed by atoms with E-state index in [1.807, 2.05) is 47.6 Å². The average molecular weight is 405 g/mol. The Morgan fingerprint density at radius 2 is 1.59 bits per heavy atom. The Bertz CT molecular complexity index is 766. The molecule has 0 aromatic heterocycles. The van der Waals surface area contributed by atoms with Crippen LogP contribution in [0.15, 0.2) is 24.3 Å². The molecule has 1 amide bonds. The molecule has 1 fully saturated rings. The van der Waals surface area contributed by atoms with Crippen LogP contribution in [0.3, 0.4) is 0 Å². The number of hydrogen-bond donors (Lipinski definition) is 0. The first-order valence-electron chi connectivity index (χ1n) is 9.60. The van der Waals surface area contributed by atoms with Crippen molar-refractivity contribution in [3.05, 3.63) is 29.8 Å². The molecule has 1 aromatic carbocycles. The maximum atomic E-state index is 12.1. The second kappa shape index (κ2) is 8.76. The lowest BCUT2D eigenvalue weighted by atomic mass is 10.1. The minimum atomic E-state index is -0.571. The molecular formula is C22H31NO6. The van der Waals surface area contributed by atoms with E-state index in [0.717, 1.165) is 0 Å². The standard InChI is InChI=1S/C22H31NO6/c1-21(2,3)28-19(24)12-11-16-17(26-7)9-8-10-18(16)27-15-13-23(14-15)20(25)29-22(4,5)6/h8-12,15H,13-14H2,1-7H3/b12-11+.